The Balaban J connectivity index is 2.34. The summed E-state index contributed by atoms with van der Waals surface area (Å²) in [5, 5.41) is 2.85. The van der Waals surface area contributed by atoms with E-state index < -0.39 is 0 Å². The second-order valence-corrected chi connectivity index (χ2v) is 3.72. The molecule has 0 fully saturated rings. The molecule has 2 nitrogen and oxygen atoms in total. The molecule has 0 N–H and O–H groups in total. The first-order chi connectivity index (χ1) is 6.79. The van der Waals surface area contributed by atoms with E-state index in [1.54, 1.807) is 6.07 Å². The molecular formula is C10H9FN2S. The largest absolute Gasteiger partial charge is 0.251 e. The van der Waals surface area contributed by atoms with Crippen LogP contribution in [0.15, 0.2) is 23.7 Å². The van der Waals surface area contributed by atoms with E-state index in [0.29, 0.717) is 0 Å². The summed E-state index contributed by atoms with van der Waals surface area (Å²) < 4.78 is 12.6. The zero-order chi connectivity index (χ0) is 9.97. The Bertz CT molecular complexity index is 422. The molecule has 0 atom stereocenters. The molecule has 0 aliphatic heterocycles. The van der Waals surface area contributed by atoms with E-state index in [1.807, 2.05) is 5.38 Å². The van der Waals surface area contributed by atoms with Gasteiger partial charge in [0, 0.05) is 5.38 Å². The van der Waals surface area contributed by atoms with E-state index >= 15 is 0 Å². The van der Waals surface area contributed by atoms with E-state index in [1.165, 1.54) is 23.6 Å². The van der Waals surface area contributed by atoms with Gasteiger partial charge in [-0.3, -0.25) is 4.98 Å². The molecule has 0 spiro atoms. The molecule has 0 aliphatic carbocycles. The molecule has 0 amide bonds. The number of hydrogen-bond acceptors (Lipinski definition) is 3. The van der Waals surface area contributed by atoms with Gasteiger partial charge in [-0.15, -0.1) is 11.3 Å². The minimum absolute atomic E-state index is 0.318. The third-order valence-electron chi connectivity index (χ3n) is 1.86. The van der Waals surface area contributed by atoms with Crippen LogP contribution in [0, 0.1) is 5.82 Å². The zero-order valence-corrected chi connectivity index (χ0v) is 8.51. The topological polar surface area (TPSA) is 25.8 Å². The molecule has 0 bridgehead atoms. The van der Waals surface area contributed by atoms with E-state index in [0.717, 1.165) is 22.8 Å². The van der Waals surface area contributed by atoms with Crippen molar-refractivity contribution in [2.45, 2.75) is 13.3 Å². The maximum Gasteiger partial charge on any atom is 0.142 e. The highest BCUT2D eigenvalue weighted by Crippen LogP contribution is 2.21. The van der Waals surface area contributed by atoms with Gasteiger partial charge in [0.2, 0.25) is 0 Å². The predicted molar refractivity (Wildman–Crippen MR) is 54.7 cm³/mol. The highest BCUT2D eigenvalue weighted by Gasteiger charge is 2.04. The first-order valence-electron chi connectivity index (χ1n) is 4.36. The fraction of sp³-hybridized carbons (Fsp3) is 0.200. The lowest BCUT2D eigenvalue weighted by Gasteiger charge is -1.93. The Morgan fingerprint density at radius 3 is 2.86 bits per heavy atom. The van der Waals surface area contributed by atoms with Crippen LogP contribution >= 0.6 is 11.3 Å². The molecule has 0 unspecified atom stereocenters. The molecule has 4 heteroatoms. The summed E-state index contributed by atoms with van der Waals surface area (Å²) in [7, 11) is 0. The Morgan fingerprint density at radius 1 is 1.43 bits per heavy atom. The number of rotatable bonds is 2. The lowest BCUT2D eigenvalue weighted by atomic mass is 10.3. The molecule has 2 heterocycles. The van der Waals surface area contributed by atoms with Gasteiger partial charge in [0.1, 0.15) is 10.8 Å². The van der Waals surface area contributed by atoms with Gasteiger partial charge in [0.15, 0.2) is 0 Å². The van der Waals surface area contributed by atoms with Crippen LogP contribution < -0.4 is 0 Å². The van der Waals surface area contributed by atoms with Gasteiger partial charge in [0.05, 0.1) is 17.6 Å². The average Bonchev–Trinajstić information content (AvgIpc) is 2.67. The Labute approximate surface area is 85.5 Å². The third-order valence-corrected chi connectivity index (χ3v) is 2.77. The van der Waals surface area contributed by atoms with Crippen molar-refractivity contribution in [2.75, 3.05) is 0 Å². The van der Waals surface area contributed by atoms with Gasteiger partial charge in [-0.25, -0.2) is 9.37 Å². The van der Waals surface area contributed by atoms with Crippen molar-refractivity contribution in [3.8, 4) is 10.7 Å². The molecular weight excluding hydrogens is 199 g/mol. The molecule has 2 rings (SSSR count). The van der Waals surface area contributed by atoms with Gasteiger partial charge in [-0.05, 0) is 18.6 Å². The molecule has 0 aromatic carbocycles. The highest BCUT2D eigenvalue weighted by molar-refractivity contribution is 7.13. The summed E-state index contributed by atoms with van der Waals surface area (Å²) in [4.78, 5) is 8.33. The lowest BCUT2D eigenvalue weighted by molar-refractivity contribution is 0.622. The predicted octanol–water partition coefficient (Wildman–Crippen LogP) is 2.91. The van der Waals surface area contributed by atoms with Crippen molar-refractivity contribution in [1.29, 1.82) is 0 Å². The van der Waals surface area contributed by atoms with Gasteiger partial charge in [-0.1, -0.05) is 6.92 Å². The second-order valence-electron chi connectivity index (χ2n) is 2.86. The normalized spacial score (nSPS) is 10.4. The lowest BCUT2D eigenvalue weighted by Crippen LogP contribution is -1.84. The van der Waals surface area contributed by atoms with Crippen LogP contribution in [-0.2, 0) is 6.42 Å². The zero-order valence-electron chi connectivity index (χ0n) is 7.70. The number of nitrogens with zero attached hydrogens (tertiary/aromatic N) is 2. The van der Waals surface area contributed by atoms with Gasteiger partial charge in [0.25, 0.3) is 0 Å². The van der Waals surface area contributed by atoms with Crippen molar-refractivity contribution in [2.24, 2.45) is 0 Å². The van der Waals surface area contributed by atoms with Crippen molar-refractivity contribution in [3.05, 3.63) is 35.2 Å². The summed E-state index contributed by atoms with van der Waals surface area (Å²) in [5.41, 5.74) is 1.78. The smallest absolute Gasteiger partial charge is 0.142 e. The third kappa shape index (κ3) is 1.80. The van der Waals surface area contributed by atoms with Crippen LogP contribution in [0.1, 0.15) is 12.6 Å². The highest BCUT2D eigenvalue weighted by atomic mass is 32.1. The molecule has 0 saturated heterocycles. The van der Waals surface area contributed by atoms with Crippen molar-refractivity contribution >= 4 is 11.3 Å². The maximum absolute atomic E-state index is 12.6. The maximum atomic E-state index is 12.6. The van der Waals surface area contributed by atoms with Crippen molar-refractivity contribution in [3.63, 3.8) is 0 Å². The van der Waals surface area contributed by atoms with Crippen LogP contribution in [0.4, 0.5) is 4.39 Å². The van der Waals surface area contributed by atoms with Crippen molar-refractivity contribution < 1.29 is 4.39 Å². The SMILES string of the molecule is CCc1csc(-c2ccc(F)cn2)n1. The fourth-order valence-corrected chi connectivity index (χ4v) is 1.97. The molecule has 0 saturated carbocycles. The Morgan fingerprint density at radius 2 is 2.29 bits per heavy atom. The molecule has 2 aromatic heterocycles. The monoisotopic (exact) mass is 208 g/mol. The minimum atomic E-state index is -0.318. The van der Waals surface area contributed by atoms with E-state index in [-0.39, 0.29) is 5.82 Å². The van der Waals surface area contributed by atoms with E-state index in [2.05, 4.69) is 16.9 Å². The van der Waals surface area contributed by atoms with Crippen LogP contribution in [0.3, 0.4) is 0 Å². The molecule has 2 aromatic rings. The van der Waals surface area contributed by atoms with Crippen LogP contribution in [0.2, 0.25) is 0 Å². The minimum Gasteiger partial charge on any atom is -0.251 e. The van der Waals surface area contributed by atoms with Crippen LogP contribution in [-0.4, -0.2) is 9.97 Å². The number of hydrogen-bond donors (Lipinski definition) is 0. The van der Waals surface area contributed by atoms with Gasteiger partial charge < -0.3 is 0 Å². The molecule has 0 aliphatic rings. The molecule has 14 heavy (non-hydrogen) atoms. The summed E-state index contributed by atoms with van der Waals surface area (Å²) in [6, 6.07) is 3.04. The van der Waals surface area contributed by atoms with Crippen LogP contribution in [0.25, 0.3) is 10.7 Å². The van der Waals surface area contributed by atoms with Crippen molar-refractivity contribution in [1.82, 2.24) is 9.97 Å². The molecule has 0 radical (unpaired) electrons. The van der Waals surface area contributed by atoms with Gasteiger partial charge >= 0.3 is 0 Å². The van der Waals surface area contributed by atoms with E-state index in [9.17, 15) is 4.39 Å². The average molecular weight is 208 g/mol. The number of pyridine rings is 1. The summed E-state index contributed by atoms with van der Waals surface area (Å²) in [6.45, 7) is 2.05. The summed E-state index contributed by atoms with van der Waals surface area (Å²) in [6.07, 6.45) is 2.13. The van der Waals surface area contributed by atoms with Crippen LogP contribution in [0.5, 0.6) is 0 Å². The summed E-state index contributed by atoms with van der Waals surface area (Å²) in [5.74, 6) is -0.318. The first-order valence-corrected chi connectivity index (χ1v) is 5.24. The molecule has 72 valence electrons. The number of aryl methyl sites for hydroxylation is 1. The Kier molecular flexibility index (Phi) is 2.54. The number of thiazole rings is 1. The summed E-state index contributed by atoms with van der Waals surface area (Å²) >= 11 is 1.54. The number of aromatic nitrogens is 2. The standard InChI is InChI=1S/C10H9FN2S/c1-2-8-6-14-10(13-8)9-4-3-7(11)5-12-9/h3-6H,2H2,1H3. The van der Waals surface area contributed by atoms with E-state index in [4.69, 9.17) is 0 Å². The fourth-order valence-electron chi connectivity index (χ4n) is 1.09. The van der Waals surface area contributed by atoms with Gasteiger partial charge in [-0.2, -0.15) is 0 Å². The quantitative estimate of drug-likeness (QED) is 0.758. The Hall–Kier alpha value is -1.29. The second kappa shape index (κ2) is 3.84. The first kappa shape index (κ1) is 9.27. The number of halogens is 1.